The first-order valence-electron chi connectivity index (χ1n) is 6.15. The molecular formula is C13H15AsBrN3O2. The number of ether oxygens (including phenoxy) is 1. The molecular weight excluding hydrogens is 385 g/mol. The molecule has 1 atom stereocenters. The van der Waals surface area contributed by atoms with E-state index in [0.717, 1.165) is 38.5 Å². The molecule has 0 aliphatic rings. The van der Waals surface area contributed by atoms with E-state index in [2.05, 4.69) is 31.2 Å². The zero-order valence-corrected chi connectivity index (χ0v) is 15.0. The van der Waals surface area contributed by atoms with Gasteiger partial charge in [-0.25, -0.2) is 0 Å². The van der Waals surface area contributed by atoms with E-state index in [1.807, 2.05) is 12.3 Å². The second-order valence-electron chi connectivity index (χ2n) is 4.23. The molecule has 0 aromatic carbocycles. The summed E-state index contributed by atoms with van der Waals surface area (Å²) in [5.74, 6) is -0.245. The van der Waals surface area contributed by atoms with Gasteiger partial charge in [0.05, 0.1) is 0 Å². The van der Waals surface area contributed by atoms with E-state index in [-0.39, 0.29) is 5.97 Å². The number of nitrogens with one attached hydrogen (secondary N) is 1. The van der Waals surface area contributed by atoms with E-state index >= 15 is 0 Å². The van der Waals surface area contributed by atoms with Gasteiger partial charge in [0.1, 0.15) is 0 Å². The van der Waals surface area contributed by atoms with Crippen LogP contribution in [0.5, 0.6) is 0 Å². The van der Waals surface area contributed by atoms with Crippen molar-refractivity contribution in [1.82, 2.24) is 9.97 Å². The van der Waals surface area contributed by atoms with Gasteiger partial charge < -0.3 is 0 Å². The first kappa shape index (κ1) is 15.3. The number of halogens is 1. The molecule has 20 heavy (non-hydrogen) atoms. The predicted octanol–water partition coefficient (Wildman–Crippen LogP) is 1.02. The molecule has 1 unspecified atom stereocenters. The van der Waals surface area contributed by atoms with Gasteiger partial charge in [0.25, 0.3) is 0 Å². The van der Waals surface area contributed by atoms with Crippen LogP contribution in [0.25, 0.3) is 11.0 Å². The average Bonchev–Trinajstić information content (AvgIpc) is 2.40. The zero-order valence-electron chi connectivity index (χ0n) is 11.0. The van der Waals surface area contributed by atoms with E-state index in [1.165, 1.54) is 23.8 Å². The van der Waals surface area contributed by atoms with Crippen molar-refractivity contribution in [2.24, 2.45) is 0 Å². The van der Waals surface area contributed by atoms with Gasteiger partial charge in [-0.1, -0.05) is 0 Å². The maximum atomic E-state index is 10.7. The molecule has 1 N–H and O–H groups in total. The first-order chi connectivity index (χ1) is 9.58. The molecule has 2 aromatic rings. The second kappa shape index (κ2) is 7.04. The van der Waals surface area contributed by atoms with E-state index < -0.39 is 0 Å². The fourth-order valence-electron chi connectivity index (χ4n) is 1.75. The van der Waals surface area contributed by atoms with E-state index in [4.69, 9.17) is 4.74 Å². The predicted molar refractivity (Wildman–Crippen MR) is 85.2 cm³/mol. The molecule has 5 nitrogen and oxygen atoms in total. The fourth-order valence-corrected chi connectivity index (χ4v) is 2.72. The van der Waals surface area contributed by atoms with Crippen molar-refractivity contribution in [2.45, 2.75) is 13.3 Å². The normalized spacial score (nSPS) is 10.6. The molecule has 106 valence electrons. The van der Waals surface area contributed by atoms with Crippen molar-refractivity contribution in [3.05, 3.63) is 22.9 Å². The fraction of sp³-hybridized carbons (Fsp3) is 0.308. The molecule has 0 saturated heterocycles. The van der Waals surface area contributed by atoms with Gasteiger partial charge in [-0.2, -0.15) is 0 Å². The van der Waals surface area contributed by atoms with Crippen LogP contribution >= 0.6 is 15.9 Å². The number of nitrogens with zero attached hydrogens (tertiary/aromatic N) is 2. The van der Waals surface area contributed by atoms with Gasteiger partial charge in [0.15, 0.2) is 0 Å². The maximum absolute atomic E-state index is 10.7. The number of fused-ring (bicyclic) bond motifs is 1. The average molecular weight is 400 g/mol. The molecule has 0 spiro atoms. The molecule has 0 amide bonds. The van der Waals surface area contributed by atoms with Crippen molar-refractivity contribution in [3.8, 4) is 0 Å². The standard InChI is InChI=1S/C13H15AsBrN3O2/c1-8(19)20-4-2-3-16-12-10(14)7-17-11-5-9(15)6-18-13(11)12/h5-7H,2-4,14H2,1H3,(H,16,17). The van der Waals surface area contributed by atoms with Crippen LogP contribution in [0.1, 0.15) is 13.3 Å². The summed E-state index contributed by atoms with van der Waals surface area (Å²) in [4.78, 5) is 19.5. The summed E-state index contributed by atoms with van der Waals surface area (Å²) in [7, 11) is 0. The SMILES string of the molecule is CC(=O)OCCCNc1c([AsH2])cnc2cc(Br)cnc12. The molecule has 0 aliphatic carbocycles. The Morgan fingerprint density at radius 3 is 3.00 bits per heavy atom. The minimum atomic E-state index is -0.245. The summed E-state index contributed by atoms with van der Waals surface area (Å²) in [5.41, 5.74) is 2.72. The minimum absolute atomic E-state index is 0.245. The Labute approximate surface area is 134 Å². The Morgan fingerprint density at radius 2 is 2.25 bits per heavy atom. The van der Waals surface area contributed by atoms with Crippen LogP contribution in [0.2, 0.25) is 0 Å². The summed E-state index contributed by atoms with van der Waals surface area (Å²) in [6, 6.07) is 1.94. The van der Waals surface area contributed by atoms with Crippen LogP contribution in [0.3, 0.4) is 0 Å². The number of rotatable bonds is 5. The number of pyridine rings is 2. The van der Waals surface area contributed by atoms with Crippen LogP contribution in [-0.4, -0.2) is 45.9 Å². The summed E-state index contributed by atoms with van der Waals surface area (Å²) in [6.07, 6.45) is 4.37. The van der Waals surface area contributed by atoms with Crippen molar-refractivity contribution < 1.29 is 9.53 Å². The Bertz CT molecular complexity index is 636. The van der Waals surface area contributed by atoms with Gasteiger partial charge in [-0.3, -0.25) is 0 Å². The molecule has 2 heterocycles. The number of esters is 1. The molecule has 0 aliphatic heterocycles. The van der Waals surface area contributed by atoms with Crippen LogP contribution in [0, 0.1) is 0 Å². The van der Waals surface area contributed by atoms with Gasteiger partial charge in [-0.15, -0.1) is 0 Å². The van der Waals surface area contributed by atoms with E-state index in [0.29, 0.717) is 6.61 Å². The summed E-state index contributed by atoms with van der Waals surface area (Å²) in [6.45, 7) is 2.56. The number of carbonyl (C=O) groups is 1. The van der Waals surface area contributed by atoms with Crippen LogP contribution in [0.15, 0.2) is 22.9 Å². The number of carbonyl (C=O) groups excluding carboxylic acids is 1. The topological polar surface area (TPSA) is 64.1 Å². The summed E-state index contributed by atoms with van der Waals surface area (Å²) >= 11 is 4.89. The zero-order chi connectivity index (χ0) is 14.5. The first-order valence-corrected chi connectivity index (χ1v) is 8.15. The monoisotopic (exact) mass is 399 g/mol. The third-order valence-corrected chi connectivity index (χ3v) is 3.98. The Balaban J connectivity index is 2.08. The van der Waals surface area contributed by atoms with Crippen molar-refractivity contribution in [1.29, 1.82) is 0 Å². The van der Waals surface area contributed by atoms with E-state index in [9.17, 15) is 4.79 Å². The van der Waals surface area contributed by atoms with Gasteiger partial charge in [-0.05, 0) is 0 Å². The van der Waals surface area contributed by atoms with E-state index in [1.54, 1.807) is 6.20 Å². The third kappa shape index (κ3) is 3.93. The summed E-state index contributed by atoms with van der Waals surface area (Å²) in [5, 5.41) is 3.36. The Hall–Kier alpha value is -1.13. The molecule has 2 rings (SSSR count). The van der Waals surface area contributed by atoms with Crippen LogP contribution in [-0.2, 0) is 9.53 Å². The van der Waals surface area contributed by atoms with Crippen molar-refractivity contribution >= 4 is 59.8 Å². The molecule has 2 aromatic heterocycles. The van der Waals surface area contributed by atoms with Gasteiger partial charge in [0, 0.05) is 0 Å². The molecule has 0 radical (unpaired) electrons. The number of anilines is 1. The Morgan fingerprint density at radius 1 is 1.45 bits per heavy atom. The molecule has 0 fully saturated rings. The number of hydrogen-bond donors (Lipinski definition) is 1. The molecule has 7 heteroatoms. The number of aromatic nitrogens is 2. The third-order valence-electron chi connectivity index (χ3n) is 2.63. The number of hydrogen-bond acceptors (Lipinski definition) is 5. The van der Waals surface area contributed by atoms with Crippen molar-refractivity contribution in [3.63, 3.8) is 0 Å². The van der Waals surface area contributed by atoms with Crippen LogP contribution in [0.4, 0.5) is 5.69 Å². The molecule has 0 bridgehead atoms. The van der Waals surface area contributed by atoms with Crippen molar-refractivity contribution in [2.75, 3.05) is 18.5 Å². The van der Waals surface area contributed by atoms with Crippen LogP contribution < -0.4 is 9.67 Å². The Kier molecular flexibility index (Phi) is 5.37. The quantitative estimate of drug-likeness (QED) is 0.462. The second-order valence-corrected chi connectivity index (χ2v) is 6.45. The van der Waals surface area contributed by atoms with Gasteiger partial charge in [0.2, 0.25) is 0 Å². The van der Waals surface area contributed by atoms with Gasteiger partial charge >= 0.3 is 134 Å². The molecule has 0 saturated carbocycles. The summed E-state index contributed by atoms with van der Waals surface area (Å²) < 4.78 is 6.92.